The Morgan fingerprint density at radius 1 is 0.854 bits per heavy atom. The number of carboxylic acids is 1. The molecule has 0 aromatic heterocycles. The molecule has 1 N–H and O–H groups in total. The number of methoxy groups -OCH3 is 2. The highest BCUT2D eigenvalue weighted by atomic mass is 79.9. The predicted molar refractivity (Wildman–Crippen MR) is 184 cm³/mol. The number of hydrogen-bond acceptors (Lipinski definition) is 10. The molecule has 0 spiro atoms. The first-order valence-electron chi connectivity index (χ1n) is 15.5. The lowest BCUT2D eigenvalue weighted by molar-refractivity contribution is -0.139. The molecule has 1 fully saturated rings. The van der Waals surface area contributed by atoms with Gasteiger partial charge in [-0.1, -0.05) is 29.1 Å². The Labute approximate surface area is 290 Å². The fraction of sp³-hybridized carbons (Fsp3) is 0.417. The Bertz CT molecular complexity index is 1300. The Morgan fingerprint density at radius 3 is 1.69 bits per heavy atom. The first-order valence-corrected chi connectivity index (χ1v) is 16.6. The van der Waals surface area contributed by atoms with E-state index in [-0.39, 0.29) is 29.6 Å². The maximum atomic E-state index is 11.3. The van der Waals surface area contributed by atoms with Crippen LogP contribution in [0.3, 0.4) is 0 Å². The number of rotatable bonds is 18. The van der Waals surface area contributed by atoms with E-state index in [1.807, 2.05) is 0 Å². The normalized spacial score (nSPS) is 13.0. The molecule has 48 heavy (non-hydrogen) atoms. The number of carboxylic acid groups (broad SMARTS) is 1. The summed E-state index contributed by atoms with van der Waals surface area (Å²) in [6.07, 6.45) is 8.85. The number of carbonyl (C=O) groups is 5. The van der Waals surface area contributed by atoms with Crippen molar-refractivity contribution in [2.75, 3.05) is 32.8 Å². The number of cyclic esters (lactones) is 1. The molecule has 11 nitrogen and oxygen atoms in total. The highest BCUT2D eigenvalue weighted by Gasteiger charge is 2.26. The molecule has 2 aromatic rings. The Hall–Kier alpha value is -4.45. The molecule has 1 aliphatic rings. The van der Waals surface area contributed by atoms with Gasteiger partial charge in [0.2, 0.25) is 0 Å². The summed E-state index contributed by atoms with van der Waals surface area (Å²) in [6.45, 7) is 8.14. The van der Waals surface area contributed by atoms with Crippen molar-refractivity contribution in [3.8, 4) is 11.5 Å². The molecule has 3 rings (SSSR count). The molecule has 12 heteroatoms. The largest absolute Gasteiger partial charge is 0.494 e. The van der Waals surface area contributed by atoms with Crippen molar-refractivity contribution in [2.24, 2.45) is 0 Å². The lowest BCUT2D eigenvalue weighted by Crippen LogP contribution is -2.06. The summed E-state index contributed by atoms with van der Waals surface area (Å²) in [5.74, 6) is -0.440. The second-order valence-electron chi connectivity index (χ2n) is 10.5. The van der Waals surface area contributed by atoms with Gasteiger partial charge in [-0.05, 0) is 93.5 Å². The third kappa shape index (κ3) is 17.5. The first kappa shape index (κ1) is 41.6. The molecule has 0 aliphatic carbocycles. The number of aliphatic carboxylic acids is 1. The van der Waals surface area contributed by atoms with E-state index in [0.29, 0.717) is 48.1 Å². The van der Waals surface area contributed by atoms with Crippen LogP contribution >= 0.6 is 15.9 Å². The third-order valence-corrected chi connectivity index (χ3v) is 7.40. The van der Waals surface area contributed by atoms with E-state index in [1.54, 1.807) is 48.5 Å². The fourth-order valence-corrected chi connectivity index (χ4v) is 4.24. The summed E-state index contributed by atoms with van der Waals surface area (Å²) in [6, 6.07) is 13.7. The maximum Gasteiger partial charge on any atom is 0.337 e. The molecule has 2 aromatic carbocycles. The maximum absolute atomic E-state index is 11.3. The first-order chi connectivity index (χ1) is 23.1. The lowest BCUT2D eigenvalue weighted by atomic mass is 10.1. The highest BCUT2D eigenvalue weighted by Crippen LogP contribution is 2.23. The van der Waals surface area contributed by atoms with Crippen LogP contribution in [0.5, 0.6) is 11.5 Å². The number of carbonyl (C=O) groups excluding carboxylic acids is 4. The monoisotopic (exact) mass is 732 g/mol. The Morgan fingerprint density at radius 2 is 1.33 bits per heavy atom. The number of unbranched alkanes of at least 4 members (excludes halogenated alkanes) is 5. The Balaban J connectivity index is 0.000000410. The zero-order valence-electron chi connectivity index (χ0n) is 27.6. The van der Waals surface area contributed by atoms with E-state index in [2.05, 4.69) is 38.6 Å². The van der Waals surface area contributed by atoms with Crippen molar-refractivity contribution < 1.29 is 52.8 Å². The third-order valence-electron chi connectivity index (χ3n) is 6.73. The SMILES string of the molecule is C=C(CBr)C(=O)O.C=C1CC(CCCCCOc2ccc(C(=O)OC)cc2)OC1=O.COC(=O)c1ccc(OCCCCCC=O)cc1. The van der Waals surface area contributed by atoms with E-state index in [9.17, 15) is 24.0 Å². The van der Waals surface area contributed by atoms with E-state index < -0.39 is 5.97 Å². The predicted octanol–water partition coefficient (Wildman–Crippen LogP) is 6.92. The topological polar surface area (TPSA) is 152 Å². The van der Waals surface area contributed by atoms with Gasteiger partial charge in [0.25, 0.3) is 0 Å². The summed E-state index contributed by atoms with van der Waals surface area (Å²) in [5.41, 5.74) is 1.78. The standard InChI is InChI=1S/C18H22O5.C14H18O4.C4H5BrO2/c1-13-12-16(23-17(13)19)6-4-3-5-11-22-15-9-7-14(8-10-15)18(20)21-2;1-17-14(16)12-6-8-13(9-7-12)18-11-5-3-2-4-10-15;1-3(2-5)4(6)7/h7-10,16H,1,3-6,11-12H2,2H3;6-10H,2-5,11H2,1H3;1-2H2,(H,6,7). The number of benzene rings is 2. The minimum atomic E-state index is -0.947. The van der Waals surface area contributed by atoms with Crippen molar-refractivity contribution in [1.29, 1.82) is 0 Å². The summed E-state index contributed by atoms with van der Waals surface area (Å²) < 4.78 is 25.6. The fourth-order valence-electron chi connectivity index (χ4n) is 4.00. The van der Waals surface area contributed by atoms with Crippen LogP contribution in [0.1, 0.15) is 78.5 Å². The van der Waals surface area contributed by atoms with Gasteiger partial charge in [-0.2, -0.15) is 0 Å². The van der Waals surface area contributed by atoms with Gasteiger partial charge in [-0.15, -0.1) is 0 Å². The zero-order chi connectivity index (χ0) is 35.7. The van der Waals surface area contributed by atoms with Gasteiger partial charge < -0.3 is 33.6 Å². The molecule has 1 aliphatic heterocycles. The van der Waals surface area contributed by atoms with Gasteiger partial charge in [0, 0.05) is 29.3 Å². The van der Waals surface area contributed by atoms with Crippen LogP contribution in [0.4, 0.5) is 0 Å². The van der Waals surface area contributed by atoms with Gasteiger partial charge in [0.1, 0.15) is 23.9 Å². The number of alkyl halides is 1. The molecular weight excluding hydrogens is 688 g/mol. The lowest BCUT2D eigenvalue weighted by Gasteiger charge is -2.09. The minimum Gasteiger partial charge on any atom is -0.494 e. The average molecular weight is 734 g/mol. The van der Waals surface area contributed by atoms with Crippen LogP contribution in [-0.2, 0) is 28.6 Å². The van der Waals surface area contributed by atoms with Gasteiger partial charge in [-0.3, -0.25) is 0 Å². The number of esters is 3. The van der Waals surface area contributed by atoms with Crippen LogP contribution in [0, 0.1) is 0 Å². The van der Waals surface area contributed by atoms with E-state index >= 15 is 0 Å². The van der Waals surface area contributed by atoms with E-state index in [4.69, 9.17) is 19.3 Å². The summed E-state index contributed by atoms with van der Waals surface area (Å²) >= 11 is 2.93. The van der Waals surface area contributed by atoms with Crippen molar-refractivity contribution in [1.82, 2.24) is 0 Å². The molecule has 0 amide bonds. The smallest absolute Gasteiger partial charge is 0.337 e. The summed E-state index contributed by atoms with van der Waals surface area (Å²) in [5, 5.41) is 8.39. The van der Waals surface area contributed by atoms with Crippen LogP contribution in [-0.4, -0.2) is 74.1 Å². The molecule has 1 unspecified atom stereocenters. The molecule has 0 radical (unpaired) electrons. The Kier molecular flexibility index (Phi) is 21.4. The number of hydrogen-bond donors (Lipinski definition) is 1. The summed E-state index contributed by atoms with van der Waals surface area (Å²) in [4.78, 5) is 53.6. The van der Waals surface area contributed by atoms with E-state index in [1.165, 1.54) is 14.2 Å². The van der Waals surface area contributed by atoms with Crippen molar-refractivity contribution in [3.05, 3.63) is 84.0 Å². The average Bonchev–Trinajstić information content (AvgIpc) is 3.43. The van der Waals surface area contributed by atoms with Gasteiger partial charge in [-0.25, -0.2) is 19.2 Å². The molecule has 0 bridgehead atoms. The van der Waals surface area contributed by atoms with E-state index in [0.717, 1.165) is 62.7 Å². The second kappa shape index (κ2) is 24.7. The second-order valence-corrected chi connectivity index (χ2v) is 11.0. The number of halogens is 1. The molecule has 1 saturated heterocycles. The van der Waals surface area contributed by atoms with Crippen molar-refractivity contribution >= 4 is 46.1 Å². The van der Waals surface area contributed by atoms with Crippen LogP contribution in [0.15, 0.2) is 72.8 Å². The van der Waals surface area contributed by atoms with Gasteiger partial charge in [0.15, 0.2) is 0 Å². The highest BCUT2D eigenvalue weighted by molar-refractivity contribution is 9.09. The molecule has 262 valence electrons. The molecular formula is C36H45BrO11. The zero-order valence-corrected chi connectivity index (χ0v) is 29.2. The van der Waals surface area contributed by atoms with Crippen LogP contribution < -0.4 is 9.47 Å². The van der Waals surface area contributed by atoms with Crippen LogP contribution in [0.2, 0.25) is 0 Å². The molecule has 1 atom stereocenters. The number of ether oxygens (including phenoxy) is 5. The van der Waals surface area contributed by atoms with Crippen LogP contribution in [0.25, 0.3) is 0 Å². The van der Waals surface area contributed by atoms with Gasteiger partial charge >= 0.3 is 23.9 Å². The molecule has 1 heterocycles. The van der Waals surface area contributed by atoms with Crippen molar-refractivity contribution in [2.45, 2.75) is 63.9 Å². The minimum absolute atomic E-state index is 0.00165. The summed E-state index contributed by atoms with van der Waals surface area (Å²) in [7, 11) is 2.71. The van der Waals surface area contributed by atoms with Crippen molar-refractivity contribution in [3.63, 3.8) is 0 Å². The van der Waals surface area contributed by atoms with Gasteiger partial charge in [0.05, 0.1) is 38.6 Å². The molecule has 0 saturated carbocycles. The number of aldehydes is 1. The quantitative estimate of drug-likeness (QED) is 0.0425.